The molecule has 21 heavy (non-hydrogen) atoms. The Morgan fingerprint density at radius 2 is 1.48 bits per heavy atom. The third kappa shape index (κ3) is 5.62. The van der Waals surface area contributed by atoms with E-state index in [1.54, 1.807) is 31.2 Å². The summed E-state index contributed by atoms with van der Waals surface area (Å²) in [4.78, 5) is 36.3. The van der Waals surface area contributed by atoms with Crippen LogP contribution in [0.2, 0.25) is 0 Å². The lowest BCUT2D eigenvalue weighted by Crippen LogP contribution is -2.44. The number of carboxylic acids is 2. The third-order valence-electron chi connectivity index (χ3n) is 2.76. The summed E-state index contributed by atoms with van der Waals surface area (Å²) in [5.74, 6) is -2.69. The number of likely N-dealkylation sites (N-methyl/N-ethyl adjacent to an activating group) is 1. The Balaban J connectivity index is 2.78. The fraction of sp³-hybridized carbons (Fsp3) is 0.357. The van der Waals surface area contributed by atoms with Crippen molar-refractivity contribution < 1.29 is 24.6 Å². The van der Waals surface area contributed by atoms with Gasteiger partial charge in [0, 0.05) is 12.2 Å². The van der Waals surface area contributed by atoms with Gasteiger partial charge in [0.15, 0.2) is 0 Å². The molecular weight excluding hydrogens is 276 g/mol. The number of amides is 1. The molecule has 0 unspecified atom stereocenters. The maximum Gasteiger partial charge on any atom is 0.317 e. The van der Waals surface area contributed by atoms with Crippen molar-refractivity contribution >= 4 is 23.5 Å². The minimum absolute atomic E-state index is 0.263. The lowest BCUT2D eigenvalue weighted by Gasteiger charge is -2.25. The van der Waals surface area contributed by atoms with Crippen LogP contribution < -0.4 is 4.90 Å². The first-order valence-electron chi connectivity index (χ1n) is 6.45. The molecule has 0 fully saturated rings. The maximum atomic E-state index is 12.2. The quantitative estimate of drug-likeness (QED) is 0.725. The third-order valence-corrected chi connectivity index (χ3v) is 2.76. The molecule has 1 aromatic carbocycles. The molecule has 1 amide bonds. The van der Waals surface area contributed by atoms with Crippen LogP contribution in [0.25, 0.3) is 0 Å². The molecule has 0 aliphatic carbocycles. The van der Waals surface area contributed by atoms with Crippen LogP contribution in [-0.2, 0) is 14.4 Å². The number of carbonyl (C=O) groups excluding carboxylic acids is 1. The van der Waals surface area contributed by atoms with Crippen molar-refractivity contribution in [3.8, 4) is 0 Å². The Kier molecular flexibility index (Phi) is 6.35. The fourth-order valence-electron chi connectivity index (χ4n) is 1.94. The Labute approximate surface area is 122 Å². The van der Waals surface area contributed by atoms with Gasteiger partial charge in [0.25, 0.3) is 0 Å². The van der Waals surface area contributed by atoms with Gasteiger partial charge in [0.1, 0.15) is 0 Å². The Bertz CT molecular complexity index is 487. The summed E-state index contributed by atoms with van der Waals surface area (Å²) in [6, 6.07) is 8.93. The Morgan fingerprint density at radius 1 is 0.952 bits per heavy atom. The van der Waals surface area contributed by atoms with Gasteiger partial charge >= 0.3 is 11.9 Å². The van der Waals surface area contributed by atoms with Crippen LogP contribution in [-0.4, -0.2) is 59.1 Å². The number of rotatable bonds is 8. The van der Waals surface area contributed by atoms with Crippen molar-refractivity contribution in [3.63, 3.8) is 0 Å². The Hall–Kier alpha value is -2.41. The second-order valence-corrected chi connectivity index (χ2v) is 4.41. The fourth-order valence-corrected chi connectivity index (χ4v) is 1.94. The average molecular weight is 294 g/mol. The molecule has 7 nitrogen and oxygen atoms in total. The zero-order chi connectivity index (χ0) is 15.8. The first-order valence-corrected chi connectivity index (χ1v) is 6.45. The van der Waals surface area contributed by atoms with E-state index in [0.717, 1.165) is 4.90 Å². The van der Waals surface area contributed by atoms with Gasteiger partial charge in [-0.25, -0.2) is 0 Å². The number of nitrogens with zero attached hydrogens (tertiary/aromatic N) is 2. The number of hydrogen-bond donors (Lipinski definition) is 2. The smallest absolute Gasteiger partial charge is 0.317 e. The standard InChI is InChI=1S/C14H18N2O5/c1-2-16(11-6-4-3-5-7-11)12(17)8-15(9-13(18)19)10-14(20)21/h3-7H,2,8-10H2,1H3,(H,18,19)(H,20,21). The van der Waals surface area contributed by atoms with Crippen LogP contribution >= 0.6 is 0 Å². The highest BCUT2D eigenvalue weighted by Crippen LogP contribution is 2.13. The summed E-state index contributed by atoms with van der Waals surface area (Å²) < 4.78 is 0. The van der Waals surface area contributed by atoms with Crippen LogP contribution in [0.5, 0.6) is 0 Å². The second kappa shape index (κ2) is 8.01. The van der Waals surface area contributed by atoms with Crippen molar-refractivity contribution in [1.29, 1.82) is 0 Å². The van der Waals surface area contributed by atoms with E-state index < -0.39 is 25.0 Å². The largest absolute Gasteiger partial charge is 0.480 e. The number of para-hydroxylation sites is 1. The number of anilines is 1. The van der Waals surface area contributed by atoms with E-state index in [1.807, 2.05) is 6.07 Å². The van der Waals surface area contributed by atoms with Gasteiger partial charge in [0.05, 0.1) is 19.6 Å². The van der Waals surface area contributed by atoms with E-state index in [0.29, 0.717) is 12.2 Å². The summed E-state index contributed by atoms with van der Waals surface area (Å²) in [5, 5.41) is 17.5. The highest BCUT2D eigenvalue weighted by atomic mass is 16.4. The van der Waals surface area contributed by atoms with Gasteiger partial charge in [-0.15, -0.1) is 0 Å². The number of benzene rings is 1. The molecule has 1 aromatic rings. The van der Waals surface area contributed by atoms with Crippen LogP contribution in [0.15, 0.2) is 30.3 Å². The number of carbonyl (C=O) groups is 3. The van der Waals surface area contributed by atoms with Crippen molar-refractivity contribution in [3.05, 3.63) is 30.3 Å². The van der Waals surface area contributed by atoms with E-state index in [9.17, 15) is 14.4 Å². The van der Waals surface area contributed by atoms with Gasteiger partial charge in [0.2, 0.25) is 5.91 Å². The van der Waals surface area contributed by atoms with E-state index >= 15 is 0 Å². The highest BCUT2D eigenvalue weighted by Gasteiger charge is 2.21. The van der Waals surface area contributed by atoms with Crippen LogP contribution in [0.4, 0.5) is 5.69 Å². The van der Waals surface area contributed by atoms with E-state index in [1.165, 1.54) is 4.90 Å². The SMILES string of the molecule is CCN(C(=O)CN(CC(=O)O)CC(=O)O)c1ccccc1. The van der Waals surface area contributed by atoms with Crippen LogP contribution in [0.3, 0.4) is 0 Å². The first-order chi connectivity index (χ1) is 9.93. The lowest BCUT2D eigenvalue weighted by molar-refractivity contribution is -0.142. The highest BCUT2D eigenvalue weighted by molar-refractivity contribution is 5.95. The molecule has 0 aliphatic heterocycles. The van der Waals surface area contributed by atoms with Crippen molar-refractivity contribution in [2.75, 3.05) is 31.1 Å². The summed E-state index contributed by atoms with van der Waals surface area (Å²) >= 11 is 0. The second-order valence-electron chi connectivity index (χ2n) is 4.41. The molecule has 0 atom stereocenters. The molecule has 0 spiro atoms. The number of aliphatic carboxylic acids is 2. The molecular formula is C14H18N2O5. The summed E-state index contributed by atoms with van der Waals surface area (Å²) in [5.41, 5.74) is 0.690. The molecule has 114 valence electrons. The zero-order valence-electron chi connectivity index (χ0n) is 11.7. The van der Waals surface area contributed by atoms with Gasteiger partial charge in [-0.3, -0.25) is 19.3 Å². The predicted molar refractivity (Wildman–Crippen MR) is 76.2 cm³/mol. The molecule has 2 N–H and O–H groups in total. The Morgan fingerprint density at radius 3 is 1.90 bits per heavy atom. The maximum absolute atomic E-state index is 12.2. The molecule has 0 radical (unpaired) electrons. The normalized spacial score (nSPS) is 10.4. The molecule has 0 bridgehead atoms. The van der Waals surface area contributed by atoms with Crippen LogP contribution in [0, 0.1) is 0 Å². The van der Waals surface area contributed by atoms with Crippen molar-refractivity contribution in [2.45, 2.75) is 6.92 Å². The number of hydrogen-bond acceptors (Lipinski definition) is 4. The molecule has 0 heterocycles. The molecule has 0 saturated heterocycles. The van der Waals surface area contributed by atoms with Gasteiger partial charge in [-0.05, 0) is 19.1 Å². The van der Waals surface area contributed by atoms with Gasteiger partial charge in [-0.2, -0.15) is 0 Å². The van der Waals surface area contributed by atoms with Crippen molar-refractivity contribution in [2.24, 2.45) is 0 Å². The zero-order valence-corrected chi connectivity index (χ0v) is 11.7. The monoisotopic (exact) mass is 294 g/mol. The van der Waals surface area contributed by atoms with E-state index in [4.69, 9.17) is 10.2 Å². The minimum Gasteiger partial charge on any atom is -0.480 e. The van der Waals surface area contributed by atoms with Gasteiger partial charge in [-0.1, -0.05) is 18.2 Å². The first kappa shape index (κ1) is 16.6. The topological polar surface area (TPSA) is 98.2 Å². The molecule has 0 saturated carbocycles. The summed E-state index contributed by atoms with van der Waals surface area (Å²) in [7, 11) is 0. The number of carboxylic acid groups (broad SMARTS) is 2. The molecule has 7 heteroatoms. The van der Waals surface area contributed by atoms with Crippen LogP contribution in [0.1, 0.15) is 6.92 Å². The predicted octanol–water partition coefficient (Wildman–Crippen LogP) is 0.511. The van der Waals surface area contributed by atoms with Crippen molar-refractivity contribution in [1.82, 2.24) is 4.90 Å². The summed E-state index contributed by atoms with van der Waals surface area (Å²) in [6.45, 7) is 0.955. The molecule has 1 rings (SSSR count). The average Bonchev–Trinajstić information content (AvgIpc) is 2.39. The van der Waals surface area contributed by atoms with E-state index in [2.05, 4.69) is 0 Å². The van der Waals surface area contributed by atoms with E-state index in [-0.39, 0.29) is 12.5 Å². The molecule has 0 aromatic heterocycles. The minimum atomic E-state index is -1.17. The summed E-state index contributed by atoms with van der Waals surface area (Å²) in [6.07, 6.45) is 0. The van der Waals surface area contributed by atoms with Gasteiger partial charge < -0.3 is 15.1 Å². The lowest BCUT2D eigenvalue weighted by atomic mass is 10.2. The molecule has 0 aliphatic rings.